The minimum atomic E-state index is 0.277. The largest absolute Gasteiger partial charge is 0.365 e. The van der Waals surface area contributed by atoms with Crippen molar-refractivity contribution in [1.82, 2.24) is 9.80 Å². The van der Waals surface area contributed by atoms with Gasteiger partial charge in [-0.3, -0.25) is 9.80 Å². The first-order valence-corrected chi connectivity index (χ1v) is 8.18. The van der Waals surface area contributed by atoms with Gasteiger partial charge in [0.1, 0.15) is 0 Å². The van der Waals surface area contributed by atoms with E-state index in [1.54, 1.807) is 0 Å². The van der Waals surface area contributed by atoms with Crippen molar-refractivity contribution in [2.75, 3.05) is 39.8 Å². The number of ether oxygens (including phenoxy) is 2. The predicted octanol–water partition coefficient (Wildman–Crippen LogP) is 2.29. The first kappa shape index (κ1) is 14.8. The highest BCUT2D eigenvalue weighted by Crippen LogP contribution is 2.43. The molecule has 0 atom stereocenters. The lowest BCUT2D eigenvalue weighted by Gasteiger charge is -2.49. The molecule has 1 aliphatic carbocycles. The summed E-state index contributed by atoms with van der Waals surface area (Å²) in [5, 5.41) is 0. The van der Waals surface area contributed by atoms with Crippen molar-refractivity contribution >= 4 is 0 Å². The summed E-state index contributed by atoms with van der Waals surface area (Å²) < 4.78 is 11.1. The normalized spacial score (nSPS) is 37.6. The molecule has 3 rings (SSSR count). The summed E-state index contributed by atoms with van der Waals surface area (Å²) in [5.74, 6) is 0.792. The molecule has 116 valence electrons. The molecular weight excluding hydrogens is 252 g/mol. The zero-order valence-electron chi connectivity index (χ0n) is 13.4. The molecule has 3 aliphatic rings. The summed E-state index contributed by atoms with van der Waals surface area (Å²) in [6.07, 6.45) is 5.27. The zero-order valence-corrected chi connectivity index (χ0v) is 13.4. The molecule has 0 aromatic carbocycles. The Kier molecular flexibility index (Phi) is 4.10. The molecule has 0 N–H and O–H groups in total. The monoisotopic (exact) mass is 282 g/mol. The van der Waals surface area contributed by atoms with Crippen molar-refractivity contribution in [2.45, 2.75) is 57.5 Å². The lowest BCUT2D eigenvalue weighted by Crippen LogP contribution is -2.53. The molecule has 4 heteroatoms. The first-order chi connectivity index (χ1) is 9.52. The fraction of sp³-hybridized carbons (Fsp3) is 1.00. The molecular formula is C16H30N2O2. The van der Waals surface area contributed by atoms with Crippen molar-refractivity contribution in [1.29, 1.82) is 0 Å². The van der Waals surface area contributed by atoms with Crippen molar-refractivity contribution < 1.29 is 9.47 Å². The molecule has 0 unspecified atom stereocenters. The third-order valence-corrected chi connectivity index (χ3v) is 6.15. The van der Waals surface area contributed by atoms with Crippen molar-refractivity contribution in [3.63, 3.8) is 0 Å². The van der Waals surface area contributed by atoms with Gasteiger partial charge in [0, 0.05) is 24.2 Å². The van der Waals surface area contributed by atoms with E-state index in [0.717, 1.165) is 45.7 Å². The summed E-state index contributed by atoms with van der Waals surface area (Å²) >= 11 is 0. The predicted molar refractivity (Wildman–Crippen MR) is 79.5 cm³/mol. The van der Waals surface area contributed by atoms with Crippen LogP contribution in [0.3, 0.4) is 0 Å². The second kappa shape index (κ2) is 5.56. The van der Waals surface area contributed by atoms with Crippen LogP contribution in [0.5, 0.6) is 0 Å². The van der Waals surface area contributed by atoms with Gasteiger partial charge in [0.25, 0.3) is 0 Å². The van der Waals surface area contributed by atoms with E-state index in [-0.39, 0.29) is 5.54 Å². The van der Waals surface area contributed by atoms with Crippen molar-refractivity contribution in [2.24, 2.45) is 5.92 Å². The van der Waals surface area contributed by atoms with Crippen LogP contribution in [0.4, 0.5) is 0 Å². The zero-order chi connectivity index (χ0) is 14.2. The van der Waals surface area contributed by atoms with E-state index in [1.165, 1.54) is 25.7 Å². The van der Waals surface area contributed by atoms with Crippen molar-refractivity contribution in [3.8, 4) is 0 Å². The fourth-order valence-corrected chi connectivity index (χ4v) is 4.23. The van der Waals surface area contributed by atoms with Crippen LogP contribution in [0.15, 0.2) is 0 Å². The van der Waals surface area contributed by atoms with E-state index >= 15 is 0 Å². The number of hydrogen-bond donors (Lipinski definition) is 0. The van der Waals surface area contributed by atoms with Crippen LogP contribution in [0.1, 0.15) is 46.5 Å². The highest BCUT2D eigenvalue weighted by atomic mass is 16.5. The van der Waals surface area contributed by atoms with Crippen LogP contribution in [0.25, 0.3) is 0 Å². The van der Waals surface area contributed by atoms with E-state index in [9.17, 15) is 0 Å². The van der Waals surface area contributed by atoms with E-state index in [4.69, 9.17) is 9.47 Å². The molecule has 0 aromatic heterocycles. The molecule has 3 fully saturated rings. The van der Waals surface area contributed by atoms with Gasteiger partial charge in [-0.15, -0.1) is 0 Å². The van der Waals surface area contributed by atoms with Crippen LogP contribution >= 0.6 is 0 Å². The minimum Gasteiger partial charge on any atom is -0.365 e. The standard InChI is InChI=1S/C16H30N2O2/c1-15(2,17-8-10-19-12-17)14-4-6-16(3,7-5-14)18-9-11-20-13-18/h14H,4-13H2,1-3H3. The second-order valence-electron chi connectivity index (χ2n) is 7.53. The molecule has 0 amide bonds. The molecule has 4 nitrogen and oxygen atoms in total. The molecule has 0 bridgehead atoms. The first-order valence-electron chi connectivity index (χ1n) is 8.18. The smallest absolute Gasteiger partial charge is 0.0996 e. The van der Waals surface area contributed by atoms with Gasteiger partial charge in [-0.2, -0.15) is 0 Å². The molecule has 2 heterocycles. The highest BCUT2D eigenvalue weighted by molar-refractivity contribution is 4.98. The minimum absolute atomic E-state index is 0.277. The SMILES string of the molecule is CC1(N2CCOC2)CCC(C(C)(C)N2CCOC2)CC1. The Morgan fingerprint density at radius 2 is 1.65 bits per heavy atom. The van der Waals surface area contributed by atoms with E-state index in [1.807, 2.05) is 0 Å². The third-order valence-electron chi connectivity index (χ3n) is 6.15. The third kappa shape index (κ3) is 2.63. The second-order valence-corrected chi connectivity index (χ2v) is 7.53. The van der Waals surface area contributed by atoms with Crippen LogP contribution in [0.2, 0.25) is 0 Å². The maximum Gasteiger partial charge on any atom is 0.0996 e. The van der Waals surface area contributed by atoms with E-state index < -0.39 is 0 Å². The van der Waals surface area contributed by atoms with Gasteiger partial charge >= 0.3 is 0 Å². The van der Waals surface area contributed by atoms with Crippen LogP contribution < -0.4 is 0 Å². The molecule has 0 radical (unpaired) electrons. The molecule has 2 saturated heterocycles. The summed E-state index contributed by atoms with van der Waals surface area (Å²) in [5.41, 5.74) is 0.643. The van der Waals surface area contributed by atoms with Crippen LogP contribution in [-0.2, 0) is 9.47 Å². The van der Waals surface area contributed by atoms with Crippen LogP contribution in [-0.4, -0.2) is 60.6 Å². The quantitative estimate of drug-likeness (QED) is 0.793. The summed E-state index contributed by atoms with van der Waals surface area (Å²) in [6.45, 7) is 12.9. The highest BCUT2D eigenvalue weighted by Gasteiger charge is 2.44. The van der Waals surface area contributed by atoms with Crippen molar-refractivity contribution in [3.05, 3.63) is 0 Å². The Hall–Kier alpha value is -0.160. The summed E-state index contributed by atoms with van der Waals surface area (Å²) in [7, 11) is 0. The summed E-state index contributed by atoms with van der Waals surface area (Å²) in [4.78, 5) is 5.08. The molecule has 1 saturated carbocycles. The average Bonchev–Trinajstić information content (AvgIpc) is 3.13. The van der Waals surface area contributed by atoms with Gasteiger partial charge in [-0.1, -0.05) is 0 Å². The molecule has 0 spiro atoms. The van der Waals surface area contributed by atoms with Gasteiger partial charge in [0.2, 0.25) is 0 Å². The van der Waals surface area contributed by atoms with Gasteiger partial charge in [-0.05, 0) is 52.4 Å². The molecule has 20 heavy (non-hydrogen) atoms. The number of hydrogen-bond acceptors (Lipinski definition) is 4. The average molecular weight is 282 g/mol. The lowest BCUT2D eigenvalue weighted by atomic mass is 9.69. The lowest BCUT2D eigenvalue weighted by molar-refractivity contribution is -0.0165. The molecule has 2 aliphatic heterocycles. The maximum absolute atomic E-state index is 5.56. The maximum atomic E-state index is 5.56. The van der Waals surface area contributed by atoms with Crippen LogP contribution in [0, 0.1) is 5.92 Å². The Morgan fingerprint density at radius 3 is 2.20 bits per heavy atom. The Bertz CT molecular complexity index is 325. The fourth-order valence-electron chi connectivity index (χ4n) is 4.23. The van der Waals surface area contributed by atoms with E-state index in [2.05, 4.69) is 30.6 Å². The Morgan fingerprint density at radius 1 is 1.00 bits per heavy atom. The van der Waals surface area contributed by atoms with Gasteiger partial charge in [-0.25, -0.2) is 0 Å². The Balaban J connectivity index is 1.60. The van der Waals surface area contributed by atoms with Gasteiger partial charge in [0.05, 0.1) is 26.7 Å². The number of nitrogens with zero attached hydrogens (tertiary/aromatic N) is 2. The van der Waals surface area contributed by atoms with Gasteiger partial charge in [0.15, 0.2) is 0 Å². The number of rotatable bonds is 3. The summed E-state index contributed by atoms with van der Waals surface area (Å²) in [6, 6.07) is 0. The molecule has 0 aromatic rings. The topological polar surface area (TPSA) is 24.9 Å². The Labute approximate surface area is 123 Å². The van der Waals surface area contributed by atoms with Gasteiger partial charge < -0.3 is 9.47 Å². The van der Waals surface area contributed by atoms with E-state index in [0.29, 0.717) is 5.54 Å².